The summed E-state index contributed by atoms with van der Waals surface area (Å²) in [6.07, 6.45) is -6.15. The largest absolute Gasteiger partial charge is 0.461 e. The van der Waals surface area contributed by atoms with E-state index in [4.69, 9.17) is 9.47 Å². The molecule has 2 heterocycles. The van der Waals surface area contributed by atoms with Crippen LogP contribution in [0.4, 0.5) is 0 Å². The monoisotopic (exact) mass is 421 g/mol. The number of Topliss-reactive ketones (excluding diaryl/α,β-unsaturated/α-hetero) is 1. The Morgan fingerprint density at radius 1 is 1.10 bits per heavy atom. The predicted molar refractivity (Wildman–Crippen MR) is 104 cm³/mol. The van der Waals surface area contributed by atoms with Crippen LogP contribution in [-0.2, 0) is 14.3 Å². The minimum Gasteiger partial charge on any atom is -0.461 e. The van der Waals surface area contributed by atoms with Gasteiger partial charge in [0.1, 0.15) is 24.1 Å². The van der Waals surface area contributed by atoms with Crippen LogP contribution >= 0.6 is 0 Å². The number of rotatable bonds is 5. The molecule has 4 N–H and O–H groups in total. The summed E-state index contributed by atoms with van der Waals surface area (Å²) in [4.78, 5) is 36.3. The molecule has 164 valence electrons. The van der Waals surface area contributed by atoms with Crippen molar-refractivity contribution in [1.82, 2.24) is 5.32 Å². The zero-order valence-corrected chi connectivity index (χ0v) is 17.1. The number of carbonyl (C=O) groups excluding carboxylic acids is 3. The molecule has 0 unspecified atom stereocenters. The second kappa shape index (κ2) is 8.81. The van der Waals surface area contributed by atoms with E-state index >= 15 is 0 Å². The third kappa shape index (κ3) is 4.70. The average molecular weight is 421 g/mol. The molecule has 0 spiro atoms. The fourth-order valence-corrected chi connectivity index (χ4v) is 3.92. The van der Waals surface area contributed by atoms with Crippen LogP contribution < -0.4 is 10.1 Å². The molecule has 9 heteroatoms. The number of hydrogen-bond acceptors (Lipinski definition) is 8. The molecule has 5 atom stereocenters. The lowest BCUT2D eigenvalue weighted by Gasteiger charge is -2.39. The van der Waals surface area contributed by atoms with Gasteiger partial charge < -0.3 is 24.8 Å². The highest BCUT2D eigenvalue weighted by Gasteiger charge is 2.43. The SMILES string of the molecule is Cc1cc(C)c(O[C@@H]2O[C@@H](C)[C@H](O)[C@@H](O)[C@H]2O)c(C(=O)CC2CC(=O)NC(=O)C2)c1. The van der Waals surface area contributed by atoms with Gasteiger partial charge >= 0.3 is 0 Å². The highest BCUT2D eigenvalue weighted by atomic mass is 16.7. The van der Waals surface area contributed by atoms with Crippen molar-refractivity contribution in [2.75, 3.05) is 0 Å². The summed E-state index contributed by atoms with van der Waals surface area (Å²) in [5.74, 6) is -1.32. The third-order valence-corrected chi connectivity index (χ3v) is 5.46. The molecule has 0 aliphatic carbocycles. The van der Waals surface area contributed by atoms with Crippen LogP contribution in [-0.4, -0.2) is 63.6 Å². The molecule has 2 amide bonds. The van der Waals surface area contributed by atoms with Gasteiger partial charge in [0.2, 0.25) is 18.1 Å². The van der Waals surface area contributed by atoms with Crippen LogP contribution in [0.25, 0.3) is 0 Å². The van der Waals surface area contributed by atoms with Crippen LogP contribution in [0.3, 0.4) is 0 Å². The van der Waals surface area contributed by atoms with Gasteiger partial charge in [0.15, 0.2) is 5.78 Å². The van der Waals surface area contributed by atoms with Gasteiger partial charge in [-0.25, -0.2) is 0 Å². The number of aryl methyl sites for hydroxylation is 2. The molecule has 2 aliphatic rings. The van der Waals surface area contributed by atoms with Gasteiger partial charge in [-0.1, -0.05) is 6.07 Å². The lowest BCUT2D eigenvalue weighted by Crippen LogP contribution is -2.58. The molecule has 3 rings (SSSR count). The third-order valence-electron chi connectivity index (χ3n) is 5.46. The summed E-state index contributed by atoms with van der Waals surface area (Å²) >= 11 is 0. The minimum absolute atomic E-state index is 0.00969. The second-order valence-electron chi connectivity index (χ2n) is 8.13. The quantitative estimate of drug-likeness (QED) is 0.388. The predicted octanol–water partition coefficient (Wildman–Crippen LogP) is 0.135. The van der Waals surface area contributed by atoms with E-state index in [2.05, 4.69) is 5.32 Å². The molecule has 0 aromatic heterocycles. The first-order chi connectivity index (χ1) is 14.1. The molecule has 30 heavy (non-hydrogen) atoms. The van der Waals surface area contributed by atoms with Gasteiger partial charge in [-0.2, -0.15) is 0 Å². The number of carbonyl (C=O) groups is 3. The number of ketones is 1. The van der Waals surface area contributed by atoms with E-state index in [1.807, 2.05) is 6.92 Å². The van der Waals surface area contributed by atoms with Crippen molar-refractivity contribution in [2.24, 2.45) is 5.92 Å². The molecular weight excluding hydrogens is 394 g/mol. The fraction of sp³-hybridized carbons (Fsp3) is 0.571. The van der Waals surface area contributed by atoms with Crippen molar-refractivity contribution in [3.63, 3.8) is 0 Å². The van der Waals surface area contributed by atoms with Gasteiger partial charge in [0.25, 0.3) is 0 Å². The Bertz CT molecular complexity index is 838. The van der Waals surface area contributed by atoms with Gasteiger partial charge in [0.05, 0.1) is 11.7 Å². The highest BCUT2D eigenvalue weighted by Crippen LogP contribution is 2.32. The molecule has 0 bridgehead atoms. The van der Waals surface area contributed by atoms with Crippen LogP contribution in [0.1, 0.15) is 47.7 Å². The lowest BCUT2D eigenvalue weighted by atomic mass is 9.89. The van der Waals surface area contributed by atoms with E-state index in [-0.39, 0.29) is 36.4 Å². The van der Waals surface area contributed by atoms with Crippen molar-refractivity contribution in [3.8, 4) is 5.75 Å². The first-order valence-corrected chi connectivity index (χ1v) is 9.90. The number of nitrogens with one attached hydrogen (secondary N) is 1. The van der Waals surface area contributed by atoms with Crippen molar-refractivity contribution >= 4 is 17.6 Å². The first kappa shape index (κ1) is 22.4. The summed E-state index contributed by atoms with van der Waals surface area (Å²) in [5, 5.41) is 32.4. The summed E-state index contributed by atoms with van der Waals surface area (Å²) in [5.41, 5.74) is 1.68. The fourth-order valence-electron chi connectivity index (χ4n) is 3.92. The number of benzene rings is 1. The summed E-state index contributed by atoms with van der Waals surface area (Å²) in [6, 6.07) is 3.44. The number of aliphatic hydroxyl groups is 3. The number of piperidine rings is 1. The van der Waals surface area contributed by atoms with Crippen molar-refractivity contribution in [1.29, 1.82) is 0 Å². The molecule has 1 aromatic carbocycles. The zero-order valence-electron chi connectivity index (χ0n) is 17.1. The maximum Gasteiger partial charge on any atom is 0.229 e. The Labute approximate surface area is 174 Å². The van der Waals surface area contributed by atoms with E-state index in [9.17, 15) is 29.7 Å². The number of ether oxygens (including phenoxy) is 2. The zero-order chi connectivity index (χ0) is 22.2. The van der Waals surface area contributed by atoms with Gasteiger partial charge in [-0.15, -0.1) is 0 Å². The van der Waals surface area contributed by atoms with Crippen molar-refractivity contribution < 1.29 is 39.2 Å². The number of amides is 2. The van der Waals surface area contributed by atoms with Gasteiger partial charge in [-0.05, 0) is 43.9 Å². The Morgan fingerprint density at radius 3 is 2.37 bits per heavy atom. The summed E-state index contributed by atoms with van der Waals surface area (Å²) in [6.45, 7) is 5.09. The summed E-state index contributed by atoms with van der Waals surface area (Å²) < 4.78 is 11.3. The highest BCUT2D eigenvalue weighted by molar-refractivity contribution is 6.02. The van der Waals surface area contributed by atoms with E-state index < -0.39 is 48.4 Å². The van der Waals surface area contributed by atoms with Crippen LogP contribution in [0.15, 0.2) is 12.1 Å². The van der Waals surface area contributed by atoms with E-state index in [0.717, 1.165) is 5.56 Å². The Hall–Kier alpha value is -2.33. The van der Waals surface area contributed by atoms with E-state index in [1.54, 1.807) is 19.1 Å². The number of aliphatic hydroxyl groups excluding tert-OH is 3. The smallest absolute Gasteiger partial charge is 0.229 e. The average Bonchev–Trinajstić information content (AvgIpc) is 2.65. The molecule has 0 radical (unpaired) electrons. The van der Waals surface area contributed by atoms with Gasteiger partial charge in [-0.3, -0.25) is 19.7 Å². The maximum atomic E-state index is 13.0. The topological polar surface area (TPSA) is 142 Å². The standard InChI is InChI=1S/C21H27NO8/c1-9-4-10(2)20(30-21-19(28)18(27)17(26)11(3)29-21)13(5-9)14(23)6-12-7-15(24)22-16(25)8-12/h4-5,11-12,17-19,21,26-28H,6-8H2,1-3H3,(H,22,24,25)/t11-,17-,18+,19+,21-/m0/s1. The Morgan fingerprint density at radius 2 is 1.73 bits per heavy atom. The maximum absolute atomic E-state index is 13.0. The number of hydrogen-bond donors (Lipinski definition) is 4. The van der Waals surface area contributed by atoms with Crippen molar-refractivity contribution in [2.45, 2.75) is 70.7 Å². The normalized spacial score (nSPS) is 30.1. The van der Waals surface area contributed by atoms with Crippen LogP contribution in [0, 0.1) is 19.8 Å². The lowest BCUT2D eigenvalue weighted by molar-refractivity contribution is -0.268. The van der Waals surface area contributed by atoms with E-state index in [0.29, 0.717) is 5.56 Å². The first-order valence-electron chi connectivity index (χ1n) is 9.90. The molecule has 2 fully saturated rings. The molecular formula is C21H27NO8. The molecule has 9 nitrogen and oxygen atoms in total. The number of imide groups is 1. The molecule has 0 saturated carbocycles. The molecule has 2 saturated heterocycles. The second-order valence-corrected chi connectivity index (χ2v) is 8.13. The van der Waals surface area contributed by atoms with Crippen LogP contribution in [0.5, 0.6) is 5.75 Å². The summed E-state index contributed by atoms with van der Waals surface area (Å²) in [7, 11) is 0. The molecule has 1 aromatic rings. The Kier molecular flexibility index (Phi) is 6.56. The minimum atomic E-state index is -1.51. The van der Waals surface area contributed by atoms with Gasteiger partial charge in [0, 0.05) is 19.3 Å². The van der Waals surface area contributed by atoms with E-state index in [1.165, 1.54) is 6.92 Å². The Balaban J connectivity index is 1.84. The molecule has 2 aliphatic heterocycles. The van der Waals surface area contributed by atoms with Crippen LogP contribution in [0.2, 0.25) is 0 Å². The van der Waals surface area contributed by atoms with Crippen molar-refractivity contribution in [3.05, 3.63) is 28.8 Å².